The third kappa shape index (κ3) is 5.14. The van der Waals surface area contributed by atoms with Gasteiger partial charge in [-0.05, 0) is 42.3 Å². The van der Waals surface area contributed by atoms with Crippen LogP contribution in [-0.2, 0) is 11.2 Å². The van der Waals surface area contributed by atoms with Gasteiger partial charge in [0.2, 0.25) is 5.91 Å². The minimum Gasteiger partial charge on any atom is -0.367 e. The van der Waals surface area contributed by atoms with Crippen LogP contribution in [0.1, 0.15) is 43.6 Å². The summed E-state index contributed by atoms with van der Waals surface area (Å²) in [5, 5.41) is 3.50. The van der Waals surface area contributed by atoms with Crippen LogP contribution in [0, 0.1) is 5.41 Å². The van der Waals surface area contributed by atoms with Crippen molar-refractivity contribution in [2.45, 2.75) is 34.1 Å². The number of hydrogen-bond acceptors (Lipinski definition) is 3. The molecule has 1 saturated heterocycles. The number of amides is 2. The Kier molecular flexibility index (Phi) is 6.71. The van der Waals surface area contributed by atoms with Crippen molar-refractivity contribution in [3.8, 4) is 0 Å². The summed E-state index contributed by atoms with van der Waals surface area (Å²) in [7, 11) is 0. The monoisotopic (exact) mass is 427 g/mol. The van der Waals surface area contributed by atoms with Crippen LogP contribution in [0.3, 0.4) is 0 Å². The second-order valence-corrected chi connectivity index (χ2v) is 9.11. The molecule has 2 aromatic carbocycles. The predicted octanol–water partition coefficient (Wildman–Crippen LogP) is 4.85. The third-order valence-electron chi connectivity index (χ3n) is 5.38. The van der Waals surface area contributed by atoms with Crippen molar-refractivity contribution in [1.82, 2.24) is 4.90 Å². The molecule has 0 atom stereocenters. The summed E-state index contributed by atoms with van der Waals surface area (Å²) < 4.78 is 0. The molecule has 2 amide bonds. The summed E-state index contributed by atoms with van der Waals surface area (Å²) in [6.45, 7) is 10.8. The molecule has 160 valence electrons. The third-order valence-corrected chi connectivity index (χ3v) is 5.68. The van der Waals surface area contributed by atoms with E-state index in [2.05, 4.69) is 17.1 Å². The van der Waals surface area contributed by atoms with E-state index >= 15 is 0 Å². The lowest BCUT2D eigenvalue weighted by atomic mass is 9.94. The second-order valence-electron chi connectivity index (χ2n) is 8.70. The number of anilines is 2. The van der Waals surface area contributed by atoms with E-state index in [-0.39, 0.29) is 17.2 Å². The Hall–Kier alpha value is -2.53. The smallest absolute Gasteiger partial charge is 0.255 e. The van der Waals surface area contributed by atoms with Crippen LogP contribution >= 0.6 is 11.6 Å². The molecule has 0 saturated carbocycles. The van der Waals surface area contributed by atoms with Crippen molar-refractivity contribution in [2.24, 2.45) is 5.41 Å². The zero-order valence-electron chi connectivity index (χ0n) is 18.2. The predicted molar refractivity (Wildman–Crippen MR) is 123 cm³/mol. The fourth-order valence-electron chi connectivity index (χ4n) is 3.56. The van der Waals surface area contributed by atoms with Gasteiger partial charge in [0, 0.05) is 42.8 Å². The molecule has 1 aliphatic heterocycles. The average Bonchev–Trinajstić information content (AvgIpc) is 2.73. The van der Waals surface area contributed by atoms with E-state index in [4.69, 9.17) is 11.6 Å². The average molecular weight is 428 g/mol. The van der Waals surface area contributed by atoms with Gasteiger partial charge in [-0.2, -0.15) is 0 Å². The maximum absolute atomic E-state index is 12.5. The van der Waals surface area contributed by atoms with Gasteiger partial charge in [0.05, 0.1) is 10.7 Å². The molecule has 1 fully saturated rings. The molecule has 1 heterocycles. The first-order chi connectivity index (χ1) is 14.2. The van der Waals surface area contributed by atoms with Crippen LogP contribution in [0.25, 0.3) is 0 Å². The lowest BCUT2D eigenvalue weighted by Gasteiger charge is -2.39. The van der Waals surface area contributed by atoms with Gasteiger partial charge in [0.25, 0.3) is 5.91 Å². The van der Waals surface area contributed by atoms with Gasteiger partial charge in [-0.1, -0.05) is 51.4 Å². The van der Waals surface area contributed by atoms with E-state index in [0.717, 1.165) is 25.2 Å². The van der Waals surface area contributed by atoms with Crippen LogP contribution in [0.2, 0.25) is 5.02 Å². The van der Waals surface area contributed by atoms with E-state index in [1.54, 1.807) is 6.07 Å². The number of halogens is 1. The first kappa shape index (κ1) is 22.2. The molecule has 0 spiro atoms. The fraction of sp³-hybridized carbons (Fsp3) is 0.417. The number of hydrogen-bond donors (Lipinski definition) is 1. The molecule has 1 aliphatic rings. The van der Waals surface area contributed by atoms with E-state index < -0.39 is 0 Å². The standard InChI is InChI=1S/C24H30ClN3O2/c1-5-17-6-8-18(9-7-17)22(29)26-19-10-11-21(20(25)16-19)27-12-14-28(15-13-27)23(30)24(2,3)4/h6-11,16H,5,12-15H2,1-4H3,(H,26,29). The number of nitrogens with one attached hydrogen (secondary N) is 1. The summed E-state index contributed by atoms with van der Waals surface area (Å²) in [6, 6.07) is 13.2. The molecule has 0 aromatic heterocycles. The first-order valence-corrected chi connectivity index (χ1v) is 10.8. The molecule has 1 N–H and O–H groups in total. The Morgan fingerprint density at radius 3 is 2.17 bits per heavy atom. The Balaban J connectivity index is 1.63. The second kappa shape index (κ2) is 9.09. The van der Waals surface area contributed by atoms with E-state index in [0.29, 0.717) is 29.4 Å². The Morgan fingerprint density at radius 2 is 1.63 bits per heavy atom. The highest BCUT2D eigenvalue weighted by Gasteiger charge is 2.30. The van der Waals surface area contributed by atoms with Gasteiger partial charge in [-0.3, -0.25) is 9.59 Å². The minimum absolute atomic E-state index is 0.157. The molecule has 0 aliphatic carbocycles. The number of piperazine rings is 1. The van der Waals surface area contributed by atoms with Crippen molar-refractivity contribution >= 4 is 34.8 Å². The Labute approximate surface area is 184 Å². The summed E-state index contributed by atoms with van der Waals surface area (Å²) in [5.41, 5.74) is 3.03. The molecule has 2 aromatic rings. The van der Waals surface area contributed by atoms with Gasteiger partial charge >= 0.3 is 0 Å². The highest BCUT2D eigenvalue weighted by molar-refractivity contribution is 6.33. The SMILES string of the molecule is CCc1ccc(C(=O)Nc2ccc(N3CCN(C(=O)C(C)(C)C)CC3)c(Cl)c2)cc1. The molecule has 30 heavy (non-hydrogen) atoms. The van der Waals surface area contributed by atoms with Crippen molar-refractivity contribution in [1.29, 1.82) is 0 Å². The number of carbonyl (C=O) groups excluding carboxylic acids is 2. The minimum atomic E-state index is -0.365. The number of benzene rings is 2. The Bertz CT molecular complexity index is 911. The van der Waals surface area contributed by atoms with Crippen molar-refractivity contribution in [2.75, 3.05) is 36.4 Å². The fourth-order valence-corrected chi connectivity index (χ4v) is 3.86. The van der Waals surface area contributed by atoms with E-state index in [1.165, 1.54) is 5.56 Å². The maximum atomic E-state index is 12.5. The summed E-state index contributed by atoms with van der Waals surface area (Å²) >= 11 is 6.53. The van der Waals surface area contributed by atoms with Gasteiger partial charge < -0.3 is 15.1 Å². The topological polar surface area (TPSA) is 52.7 Å². The van der Waals surface area contributed by atoms with Gasteiger partial charge in [0.1, 0.15) is 0 Å². The first-order valence-electron chi connectivity index (χ1n) is 10.4. The summed E-state index contributed by atoms with van der Waals surface area (Å²) in [6.07, 6.45) is 0.942. The molecule has 0 radical (unpaired) electrons. The highest BCUT2D eigenvalue weighted by atomic mass is 35.5. The van der Waals surface area contributed by atoms with Gasteiger partial charge in [0.15, 0.2) is 0 Å². The molecular formula is C24H30ClN3O2. The zero-order valence-corrected chi connectivity index (χ0v) is 18.9. The quantitative estimate of drug-likeness (QED) is 0.758. The lowest BCUT2D eigenvalue weighted by molar-refractivity contribution is -0.139. The number of aryl methyl sites for hydroxylation is 1. The molecule has 6 heteroatoms. The Morgan fingerprint density at radius 1 is 1.00 bits per heavy atom. The van der Waals surface area contributed by atoms with E-state index in [9.17, 15) is 9.59 Å². The summed E-state index contributed by atoms with van der Waals surface area (Å²) in [5.74, 6) is 0.0223. The largest absolute Gasteiger partial charge is 0.367 e. The van der Waals surface area contributed by atoms with Crippen LogP contribution in [-0.4, -0.2) is 42.9 Å². The van der Waals surface area contributed by atoms with Gasteiger partial charge in [-0.15, -0.1) is 0 Å². The maximum Gasteiger partial charge on any atom is 0.255 e. The van der Waals surface area contributed by atoms with Crippen molar-refractivity contribution < 1.29 is 9.59 Å². The van der Waals surface area contributed by atoms with Crippen molar-refractivity contribution in [3.05, 3.63) is 58.6 Å². The molecule has 5 nitrogen and oxygen atoms in total. The molecule has 0 bridgehead atoms. The summed E-state index contributed by atoms with van der Waals surface area (Å²) in [4.78, 5) is 29.1. The van der Waals surface area contributed by atoms with Crippen LogP contribution < -0.4 is 10.2 Å². The lowest BCUT2D eigenvalue weighted by Crippen LogP contribution is -2.51. The van der Waals surface area contributed by atoms with Crippen LogP contribution in [0.4, 0.5) is 11.4 Å². The highest BCUT2D eigenvalue weighted by Crippen LogP contribution is 2.30. The van der Waals surface area contributed by atoms with Crippen LogP contribution in [0.5, 0.6) is 0 Å². The number of carbonyl (C=O) groups is 2. The normalized spacial score (nSPS) is 14.6. The van der Waals surface area contributed by atoms with Gasteiger partial charge in [-0.25, -0.2) is 0 Å². The molecular weight excluding hydrogens is 398 g/mol. The van der Waals surface area contributed by atoms with Crippen molar-refractivity contribution in [3.63, 3.8) is 0 Å². The molecule has 3 rings (SSSR count). The molecule has 0 unspecified atom stereocenters. The number of nitrogens with zero attached hydrogens (tertiary/aromatic N) is 2. The van der Waals surface area contributed by atoms with Crippen LogP contribution in [0.15, 0.2) is 42.5 Å². The van der Waals surface area contributed by atoms with E-state index in [1.807, 2.05) is 62.1 Å². The number of rotatable bonds is 4. The zero-order chi connectivity index (χ0) is 21.9.